The zero-order valence-corrected chi connectivity index (χ0v) is 20.8. The van der Waals surface area contributed by atoms with Gasteiger partial charge >= 0.3 is 0 Å². The van der Waals surface area contributed by atoms with Gasteiger partial charge in [0.1, 0.15) is 11.6 Å². The molecule has 0 aliphatic rings. The van der Waals surface area contributed by atoms with Crippen molar-refractivity contribution in [2.75, 3.05) is 15.8 Å². The van der Waals surface area contributed by atoms with E-state index in [0.29, 0.717) is 28.2 Å². The molecule has 1 amide bonds. The van der Waals surface area contributed by atoms with Crippen molar-refractivity contribution in [3.05, 3.63) is 66.4 Å². The minimum atomic E-state index is -3.84. The van der Waals surface area contributed by atoms with Crippen molar-refractivity contribution in [2.45, 2.75) is 23.9 Å². The fourth-order valence-corrected chi connectivity index (χ4v) is 4.90. The number of nitrogens with zero attached hydrogens (tertiary/aromatic N) is 6. The van der Waals surface area contributed by atoms with Gasteiger partial charge < -0.3 is 9.88 Å². The number of carbonyl (C=O) groups is 1. The summed E-state index contributed by atoms with van der Waals surface area (Å²) in [6, 6.07) is 11.1. The Bertz CT molecular complexity index is 1440. The molecule has 0 radical (unpaired) electrons. The van der Waals surface area contributed by atoms with Crippen LogP contribution in [0.25, 0.3) is 11.4 Å². The van der Waals surface area contributed by atoms with E-state index in [-0.39, 0.29) is 22.4 Å². The highest BCUT2D eigenvalue weighted by Crippen LogP contribution is 2.22. The lowest BCUT2D eigenvalue weighted by Gasteiger charge is -2.10. The molecular formula is C22H22N8O3S2. The Hall–Kier alpha value is -3.84. The molecule has 35 heavy (non-hydrogen) atoms. The Balaban J connectivity index is 1.35. The zero-order valence-electron chi connectivity index (χ0n) is 19.1. The van der Waals surface area contributed by atoms with Crippen molar-refractivity contribution in [1.29, 1.82) is 0 Å². The van der Waals surface area contributed by atoms with Crippen LogP contribution in [0.2, 0.25) is 0 Å². The summed E-state index contributed by atoms with van der Waals surface area (Å²) in [6.45, 7) is 3.44. The molecule has 0 aliphatic carbocycles. The highest BCUT2D eigenvalue weighted by molar-refractivity contribution is 7.99. The van der Waals surface area contributed by atoms with Gasteiger partial charge in [-0.1, -0.05) is 11.8 Å². The van der Waals surface area contributed by atoms with E-state index in [2.05, 4.69) is 35.2 Å². The molecule has 2 N–H and O–H groups in total. The van der Waals surface area contributed by atoms with Gasteiger partial charge in [-0.05, 0) is 50.2 Å². The Morgan fingerprint density at radius 1 is 1.09 bits per heavy atom. The molecule has 0 unspecified atom stereocenters. The monoisotopic (exact) mass is 510 g/mol. The maximum absolute atomic E-state index is 12.7. The number of sulfonamides is 1. The number of carbonyl (C=O) groups excluding carboxylic acids is 1. The van der Waals surface area contributed by atoms with Crippen molar-refractivity contribution >= 4 is 39.2 Å². The van der Waals surface area contributed by atoms with Crippen LogP contribution in [0.5, 0.6) is 0 Å². The van der Waals surface area contributed by atoms with Gasteiger partial charge in [0.15, 0.2) is 11.0 Å². The lowest BCUT2D eigenvalue weighted by atomic mass is 10.3. The molecule has 3 aromatic heterocycles. The van der Waals surface area contributed by atoms with Crippen LogP contribution in [0, 0.1) is 13.8 Å². The molecule has 1 aromatic carbocycles. The third kappa shape index (κ3) is 6.00. The fourth-order valence-electron chi connectivity index (χ4n) is 3.20. The molecular weight excluding hydrogens is 488 g/mol. The van der Waals surface area contributed by atoms with Gasteiger partial charge in [0, 0.05) is 42.5 Å². The molecule has 4 rings (SSSR count). The van der Waals surface area contributed by atoms with E-state index in [9.17, 15) is 13.2 Å². The van der Waals surface area contributed by atoms with Crippen LogP contribution < -0.4 is 10.0 Å². The number of anilines is 2. The summed E-state index contributed by atoms with van der Waals surface area (Å²) in [5.41, 5.74) is 1.95. The normalized spacial score (nSPS) is 11.3. The summed E-state index contributed by atoms with van der Waals surface area (Å²) in [7, 11) is -2.02. The van der Waals surface area contributed by atoms with E-state index in [0.717, 1.165) is 5.56 Å². The summed E-state index contributed by atoms with van der Waals surface area (Å²) < 4.78 is 29.6. The number of nitrogens with one attached hydrogen (secondary N) is 2. The number of pyridine rings is 1. The molecule has 0 bridgehead atoms. The largest absolute Gasteiger partial charge is 0.325 e. The molecule has 4 aromatic rings. The number of benzene rings is 1. The first kappa shape index (κ1) is 24.3. The van der Waals surface area contributed by atoms with Gasteiger partial charge in [-0.3, -0.25) is 14.5 Å². The number of rotatable bonds is 8. The van der Waals surface area contributed by atoms with Gasteiger partial charge in [0.05, 0.1) is 10.6 Å². The van der Waals surface area contributed by atoms with Crippen LogP contribution in [-0.2, 0) is 21.9 Å². The molecule has 11 nitrogen and oxygen atoms in total. The lowest BCUT2D eigenvalue weighted by molar-refractivity contribution is -0.113. The van der Waals surface area contributed by atoms with Crippen LogP contribution in [0.3, 0.4) is 0 Å². The summed E-state index contributed by atoms with van der Waals surface area (Å²) >= 11 is 1.24. The van der Waals surface area contributed by atoms with Crippen LogP contribution >= 0.6 is 11.8 Å². The minimum absolute atomic E-state index is 0.0424. The second kappa shape index (κ2) is 10.2. The fraction of sp³-hybridized carbons (Fsp3) is 0.182. The van der Waals surface area contributed by atoms with E-state index in [1.807, 2.05) is 19.2 Å². The minimum Gasteiger partial charge on any atom is -0.325 e. The number of hydrogen-bond donors (Lipinski definition) is 2. The maximum Gasteiger partial charge on any atom is 0.263 e. The average Bonchev–Trinajstić information content (AvgIpc) is 3.18. The van der Waals surface area contributed by atoms with Crippen LogP contribution in [0.15, 0.2) is 64.9 Å². The number of aryl methyl sites for hydroxylation is 2. The first-order valence-electron chi connectivity index (χ1n) is 10.4. The van der Waals surface area contributed by atoms with Crippen molar-refractivity contribution in [3.8, 4) is 11.4 Å². The smallest absolute Gasteiger partial charge is 0.263 e. The maximum atomic E-state index is 12.7. The van der Waals surface area contributed by atoms with Crippen LogP contribution in [0.1, 0.15) is 11.5 Å². The highest BCUT2D eigenvalue weighted by Gasteiger charge is 2.17. The van der Waals surface area contributed by atoms with E-state index in [1.165, 1.54) is 36.0 Å². The predicted molar refractivity (Wildman–Crippen MR) is 132 cm³/mol. The third-order valence-corrected chi connectivity index (χ3v) is 7.13. The van der Waals surface area contributed by atoms with E-state index in [1.54, 1.807) is 36.9 Å². The molecule has 3 heterocycles. The van der Waals surface area contributed by atoms with Crippen molar-refractivity contribution in [2.24, 2.45) is 7.05 Å². The van der Waals surface area contributed by atoms with Crippen molar-refractivity contribution < 1.29 is 13.2 Å². The Morgan fingerprint density at radius 3 is 2.54 bits per heavy atom. The molecule has 0 saturated carbocycles. The van der Waals surface area contributed by atoms with Gasteiger partial charge in [-0.2, -0.15) is 0 Å². The SMILES string of the molecule is Cc1cc(NS(=O)(=O)c2ccc(NC(=O)CSc3nnc(-c4cccnc4)n3C)cc2)nc(C)n1. The number of aromatic nitrogens is 6. The second-order valence-corrected chi connectivity index (χ2v) is 10.1. The van der Waals surface area contributed by atoms with Crippen molar-refractivity contribution in [3.63, 3.8) is 0 Å². The first-order chi connectivity index (χ1) is 16.7. The van der Waals surface area contributed by atoms with Crippen LogP contribution in [0.4, 0.5) is 11.5 Å². The number of hydrogen-bond acceptors (Lipinski definition) is 9. The van der Waals surface area contributed by atoms with Crippen LogP contribution in [-0.4, -0.2) is 49.8 Å². The molecule has 0 aliphatic heterocycles. The van der Waals surface area contributed by atoms with Gasteiger partial charge in [0.2, 0.25) is 5.91 Å². The Labute approximate surface area is 206 Å². The van der Waals surface area contributed by atoms with E-state index >= 15 is 0 Å². The molecule has 180 valence electrons. The quantitative estimate of drug-likeness (QED) is 0.342. The van der Waals surface area contributed by atoms with E-state index < -0.39 is 10.0 Å². The van der Waals surface area contributed by atoms with Gasteiger partial charge in [0.25, 0.3) is 10.0 Å². The standard InChI is InChI=1S/C22H22N8O3S2/c1-14-11-19(25-15(2)24-14)29-35(32,33)18-8-6-17(7-9-18)26-20(31)13-34-22-28-27-21(30(22)3)16-5-4-10-23-12-16/h4-12H,13H2,1-3H3,(H,26,31)(H,24,25,29). The van der Waals surface area contributed by atoms with E-state index in [4.69, 9.17) is 0 Å². The zero-order chi connectivity index (χ0) is 25.0. The summed E-state index contributed by atoms with van der Waals surface area (Å²) in [6.07, 6.45) is 3.37. The summed E-state index contributed by atoms with van der Waals surface area (Å²) in [5, 5.41) is 11.6. The summed E-state index contributed by atoms with van der Waals surface area (Å²) in [5.74, 6) is 1.15. The predicted octanol–water partition coefficient (Wildman–Crippen LogP) is 2.82. The van der Waals surface area contributed by atoms with Gasteiger partial charge in [-0.25, -0.2) is 18.4 Å². The van der Waals surface area contributed by atoms with Gasteiger partial charge in [-0.15, -0.1) is 10.2 Å². The molecule has 0 atom stereocenters. The Kier molecular flexibility index (Phi) is 7.07. The molecule has 0 fully saturated rings. The first-order valence-corrected chi connectivity index (χ1v) is 12.9. The summed E-state index contributed by atoms with van der Waals surface area (Å²) in [4.78, 5) is 24.8. The highest BCUT2D eigenvalue weighted by atomic mass is 32.2. The second-order valence-electron chi connectivity index (χ2n) is 7.52. The third-order valence-electron chi connectivity index (χ3n) is 4.74. The molecule has 13 heteroatoms. The van der Waals surface area contributed by atoms with Crippen molar-refractivity contribution in [1.82, 2.24) is 29.7 Å². The average molecular weight is 511 g/mol. The topological polar surface area (TPSA) is 145 Å². The number of amides is 1. The molecule has 0 spiro atoms. The Morgan fingerprint density at radius 2 is 1.86 bits per heavy atom. The lowest BCUT2D eigenvalue weighted by Crippen LogP contribution is -2.16. The molecule has 0 saturated heterocycles. The number of thioether (sulfide) groups is 1.